The van der Waals surface area contributed by atoms with Gasteiger partial charge in [0.25, 0.3) is 0 Å². The van der Waals surface area contributed by atoms with Crippen LogP contribution in [0.2, 0.25) is 0 Å². The molecule has 1 aromatic carbocycles. The first kappa shape index (κ1) is 14.9. The van der Waals surface area contributed by atoms with E-state index in [4.69, 9.17) is 0 Å². The monoisotopic (exact) mass is 307 g/mol. The van der Waals surface area contributed by atoms with Crippen LogP contribution in [-0.2, 0) is 16.3 Å². The van der Waals surface area contributed by atoms with Crippen LogP contribution in [0.4, 0.5) is 5.69 Å². The van der Waals surface area contributed by atoms with Gasteiger partial charge in [0.15, 0.2) is 0 Å². The molecule has 1 heterocycles. The van der Waals surface area contributed by atoms with Crippen LogP contribution in [0.15, 0.2) is 24.3 Å². The van der Waals surface area contributed by atoms with Gasteiger partial charge in [-0.3, -0.25) is 0 Å². The van der Waals surface area contributed by atoms with Crippen molar-refractivity contribution >= 4 is 15.5 Å². The van der Waals surface area contributed by atoms with Crippen molar-refractivity contribution in [1.29, 1.82) is 0 Å². The average molecular weight is 307 g/mol. The van der Waals surface area contributed by atoms with Crippen molar-refractivity contribution in [3.05, 3.63) is 29.8 Å². The third-order valence-electron chi connectivity index (χ3n) is 5.27. The fraction of sp³-hybridized carbons (Fsp3) is 0.647. The summed E-state index contributed by atoms with van der Waals surface area (Å²) >= 11 is 0. The molecule has 3 rings (SSSR count). The minimum absolute atomic E-state index is 0.137. The molecule has 116 valence electrons. The summed E-state index contributed by atoms with van der Waals surface area (Å²) in [6.45, 7) is 2.29. The first-order chi connectivity index (χ1) is 9.95. The molecule has 4 unspecified atom stereocenters. The highest BCUT2D eigenvalue weighted by Gasteiger charge is 2.37. The molecule has 3 nitrogen and oxygen atoms in total. The zero-order chi connectivity index (χ0) is 15.0. The molecular formula is C17H25NO2S. The second-order valence-electron chi connectivity index (χ2n) is 6.89. The van der Waals surface area contributed by atoms with Crippen molar-refractivity contribution < 1.29 is 8.42 Å². The number of anilines is 1. The summed E-state index contributed by atoms with van der Waals surface area (Å²) in [7, 11) is -2.90. The van der Waals surface area contributed by atoms with Crippen LogP contribution in [0.3, 0.4) is 0 Å². The maximum Gasteiger partial charge on any atom is 0.150 e. The van der Waals surface area contributed by atoms with Crippen LogP contribution in [0, 0.1) is 11.8 Å². The van der Waals surface area contributed by atoms with Gasteiger partial charge < -0.3 is 5.32 Å². The number of sulfone groups is 1. The summed E-state index contributed by atoms with van der Waals surface area (Å²) in [5.41, 5.74) is 2.62. The Hall–Kier alpha value is -1.03. The van der Waals surface area contributed by atoms with Gasteiger partial charge in [0.05, 0.1) is 5.25 Å². The van der Waals surface area contributed by atoms with Gasteiger partial charge in [-0.1, -0.05) is 31.5 Å². The van der Waals surface area contributed by atoms with Gasteiger partial charge in [-0.25, -0.2) is 8.42 Å². The molecule has 0 spiro atoms. The molecule has 21 heavy (non-hydrogen) atoms. The molecule has 1 saturated carbocycles. The van der Waals surface area contributed by atoms with Crippen molar-refractivity contribution in [2.45, 2.75) is 50.3 Å². The highest BCUT2D eigenvalue weighted by atomic mass is 32.2. The van der Waals surface area contributed by atoms with Gasteiger partial charge in [0, 0.05) is 18.0 Å². The van der Waals surface area contributed by atoms with Crippen molar-refractivity contribution in [3.8, 4) is 0 Å². The van der Waals surface area contributed by atoms with Gasteiger partial charge in [0.2, 0.25) is 0 Å². The Kier molecular flexibility index (Phi) is 4.00. The Labute approximate surface area is 128 Å². The number of hydrogen-bond acceptors (Lipinski definition) is 3. The minimum Gasteiger partial charge on any atom is -0.382 e. The summed E-state index contributed by atoms with van der Waals surface area (Å²) in [6, 6.07) is 8.90. The smallest absolute Gasteiger partial charge is 0.150 e. The van der Waals surface area contributed by atoms with E-state index in [9.17, 15) is 8.42 Å². The summed E-state index contributed by atoms with van der Waals surface area (Å²) < 4.78 is 23.7. The number of para-hydroxylation sites is 1. The molecule has 1 fully saturated rings. The number of nitrogens with one attached hydrogen (secondary N) is 1. The first-order valence-corrected chi connectivity index (χ1v) is 9.94. The minimum atomic E-state index is -2.90. The van der Waals surface area contributed by atoms with Gasteiger partial charge in [0.1, 0.15) is 9.84 Å². The predicted molar refractivity (Wildman–Crippen MR) is 87.3 cm³/mol. The Balaban J connectivity index is 1.78. The maximum absolute atomic E-state index is 11.9. The molecule has 2 aliphatic rings. The van der Waals surface area contributed by atoms with Crippen LogP contribution in [-0.4, -0.2) is 26.0 Å². The van der Waals surface area contributed by atoms with Crippen molar-refractivity contribution in [1.82, 2.24) is 0 Å². The highest BCUT2D eigenvalue weighted by Crippen LogP contribution is 2.38. The number of rotatable bonds is 2. The summed E-state index contributed by atoms with van der Waals surface area (Å²) in [6.07, 6.45) is 6.34. The lowest BCUT2D eigenvalue weighted by atomic mass is 9.75. The van der Waals surface area contributed by atoms with Crippen LogP contribution in [0.1, 0.15) is 38.2 Å². The SMILES string of the molecule is CC1Cc2ccccc2NC1C1CCCC(S(C)(=O)=O)C1. The first-order valence-electron chi connectivity index (χ1n) is 7.98. The number of fused-ring (bicyclic) bond motifs is 1. The largest absolute Gasteiger partial charge is 0.382 e. The standard InChI is InChI=1S/C17H25NO2S/c1-12-10-13-6-3-4-9-16(13)18-17(12)14-7-5-8-15(11-14)21(2,19)20/h3-4,6,9,12,14-15,17-18H,5,7-8,10-11H2,1-2H3. The van der Waals surface area contributed by atoms with Crippen molar-refractivity contribution in [2.75, 3.05) is 11.6 Å². The van der Waals surface area contributed by atoms with E-state index in [1.54, 1.807) is 0 Å². The molecular weight excluding hydrogens is 282 g/mol. The van der Waals surface area contributed by atoms with E-state index >= 15 is 0 Å². The Morgan fingerprint density at radius 1 is 1.19 bits per heavy atom. The third kappa shape index (κ3) is 3.10. The van der Waals surface area contributed by atoms with Gasteiger partial charge in [-0.15, -0.1) is 0 Å². The normalized spacial score (nSPS) is 33.0. The number of benzene rings is 1. The maximum atomic E-state index is 11.9. The molecule has 0 saturated heterocycles. The van der Waals surface area contributed by atoms with Crippen LogP contribution in [0.25, 0.3) is 0 Å². The van der Waals surface area contributed by atoms with Gasteiger partial charge >= 0.3 is 0 Å². The molecule has 0 radical (unpaired) electrons. The highest BCUT2D eigenvalue weighted by molar-refractivity contribution is 7.91. The zero-order valence-corrected chi connectivity index (χ0v) is 13.7. The number of hydrogen-bond donors (Lipinski definition) is 1. The van der Waals surface area contributed by atoms with E-state index in [-0.39, 0.29) is 5.25 Å². The van der Waals surface area contributed by atoms with E-state index in [0.717, 1.165) is 32.1 Å². The molecule has 1 N–H and O–H groups in total. The second kappa shape index (κ2) is 5.64. The molecule has 1 aliphatic heterocycles. The Morgan fingerprint density at radius 3 is 2.71 bits per heavy atom. The quantitative estimate of drug-likeness (QED) is 0.912. The van der Waals surface area contributed by atoms with Crippen LogP contribution < -0.4 is 5.32 Å². The third-order valence-corrected chi connectivity index (χ3v) is 6.91. The van der Waals surface area contributed by atoms with Crippen LogP contribution >= 0.6 is 0 Å². The lowest BCUT2D eigenvalue weighted by molar-refractivity contribution is 0.263. The molecule has 4 heteroatoms. The molecule has 0 bridgehead atoms. The molecule has 0 aromatic heterocycles. The zero-order valence-electron chi connectivity index (χ0n) is 12.9. The summed E-state index contributed by atoms with van der Waals surface area (Å²) in [5, 5.41) is 3.56. The molecule has 1 aliphatic carbocycles. The summed E-state index contributed by atoms with van der Waals surface area (Å²) in [4.78, 5) is 0. The average Bonchev–Trinajstić information content (AvgIpc) is 2.46. The molecule has 4 atom stereocenters. The fourth-order valence-electron chi connectivity index (χ4n) is 4.11. The van der Waals surface area contributed by atoms with E-state index in [0.29, 0.717) is 17.9 Å². The van der Waals surface area contributed by atoms with Crippen molar-refractivity contribution in [3.63, 3.8) is 0 Å². The Morgan fingerprint density at radius 2 is 1.95 bits per heavy atom. The molecule has 0 amide bonds. The van der Waals surface area contributed by atoms with E-state index < -0.39 is 9.84 Å². The van der Waals surface area contributed by atoms with Gasteiger partial charge in [-0.05, 0) is 49.1 Å². The topological polar surface area (TPSA) is 46.2 Å². The fourth-order valence-corrected chi connectivity index (χ4v) is 5.30. The lowest BCUT2D eigenvalue weighted by Crippen LogP contribution is -2.43. The van der Waals surface area contributed by atoms with E-state index in [1.165, 1.54) is 17.5 Å². The van der Waals surface area contributed by atoms with Crippen molar-refractivity contribution in [2.24, 2.45) is 11.8 Å². The molecule has 1 aromatic rings. The van der Waals surface area contributed by atoms with E-state index in [2.05, 4.69) is 36.5 Å². The van der Waals surface area contributed by atoms with Crippen LogP contribution in [0.5, 0.6) is 0 Å². The van der Waals surface area contributed by atoms with Gasteiger partial charge in [-0.2, -0.15) is 0 Å². The lowest BCUT2D eigenvalue weighted by Gasteiger charge is -2.41. The second-order valence-corrected chi connectivity index (χ2v) is 9.21. The predicted octanol–water partition coefficient (Wildman–Crippen LogP) is 3.26. The van der Waals surface area contributed by atoms with E-state index in [1.807, 2.05) is 0 Å². The Bertz CT molecular complexity index is 611. The summed E-state index contributed by atoms with van der Waals surface area (Å²) in [5.74, 6) is 1.03.